The van der Waals surface area contributed by atoms with E-state index in [0.717, 1.165) is 0 Å². The predicted molar refractivity (Wildman–Crippen MR) is 113 cm³/mol. The van der Waals surface area contributed by atoms with Gasteiger partial charge in [-0.2, -0.15) is 0 Å². The quantitative estimate of drug-likeness (QED) is 0.302. The van der Waals surface area contributed by atoms with Crippen molar-refractivity contribution in [1.82, 2.24) is 4.90 Å². The van der Waals surface area contributed by atoms with Gasteiger partial charge in [0.2, 0.25) is 0 Å². The van der Waals surface area contributed by atoms with Crippen molar-refractivity contribution in [3.63, 3.8) is 0 Å². The van der Waals surface area contributed by atoms with Crippen LogP contribution in [-0.4, -0.2) is 34.8 Å². The average molecular weight is 432 g/mol. The third kappa shape index (κ3) is 4.02. The van der Waals surface area contributed by atoms with E-state index in [1.54, 1.807) is 36.4 Å². The van der Waals surface area contributed by atoms with Crippen LogP contribution in [0.3, 0.4) is 0 Å². The van der Waals surface area contributed by atoms with Crippen molar-refractivity contribution in [1.29, 1.82) is 0 Å². The van der Waals surface area contributed by atoms with Gasteiger partial charge in [0.05, 0.1) is 23.2 Å². The lowest BCUT2D eigenvalue weighted by molar-refractivity contribution is -0.139. The molecule has 0 aromatic heterocycles. The van der Waals surface area contributed by atoms with Crippen molar-refractivity contribution in [3.05, 3.63) is 81.9 Å². The Morgan fingerprint density at radius 2 is 2.00 bits per heavy atom. The van der Waals surface area contributed by atoms with Gasteiger partial charge in [-0.1, -0.05) is 41.4 Å². The molecule has 5 nitrogen and oxygen atoms in total. The number of carbonyl (C=O) groups excluding carboxylic acids is 2. The number of halogens is 2. The van der Waals surface area contributed by atoms with Crippen molar-refractivity contribution < 1.29 is 19.4 Å². The fourth-order valence-electron chi connectivity index (χ4n) is 3.31. The highest BCUT2D eigenvalue weighted by Crippen LogP contribution is 2.40. The first kappa shape index (κ1) is 21.0. The number of aliphatic hydroxyl groups is 1. The number of aliphatic hydroxyl groups excluding tert-OH is 1. The second-order valence-electron chi connectivity index (χ2n) is 6.37. The lowest BCUT2D eigenvalue weighted by atomic mass is 9.95. The van der Waals surface area contributed by atoms with Crippen molar-refractivity contribution in [3.8, 4) is 5.75 Å². The highest BCUT2D eigenvalue weighted by Gasteiger charge is 2.45. The summed E-state index contributed by atoms with van der Waals surface area (Å²) in [5.41, 5.74) is 0.888. The van der Waals surface area contributed by atoms with E-state index in [-0.39, 0.29) is 22.9 Å². The molecule has 1 unspecified atom stereocenters. The fraction of sp³-hybridized carbons (Fsp3) is 0.182. The first-order chi connectivity index (χ1) is 13.9. The van der Waals surface area contributed by atoms with Crippen LogP contribution in [0.25, 0.3) is 5.76 Å². The number of ketones is 1. The van der Waals surface area contributed by atoms with Gasteiger partial charge in [0.15, 0.2) is 0 Å². The minimum Gasteiger partial charge on any atom is -0.507 e. The van der Waals surface area contributed by atoms with E-state index in [1.165, 1.54) is 17.0 Å². The molecule has 1 heterocycles. The first-order valence-electron chi connectivity index (χ1n) is 8.96. The monoisotopic (exact) mass is 431 g/mol. The highest BCUT2D eigenvalue weighted by molar-refractivity contribution is 6.46. The van der Waals surface area contributed by atoms with Gasteiger partial charge in [0.1, 0.15) is 11.5 Å². The molecule has 1 saturated heterocycles. The molecule has 2 aromatic rings. The molecule has 3 rings (SSSR count). The summed E-state index contributed by atoms with van der Waals surface area (Å²) in [6, 6.07) is 10.7. The average Bonchev–Trinajstić information content (AvgIpc) is 2.94. The predicted octanol–water partition coefficient (Wildman–Crippen LogP) is 5.00. The van der Waals surface area contributed by atoms with Gasteiger partial charge in [0, 0.05) is 17.1 Å². The minimum absolute atomic E-state index is 0.0284. The number of rotatable bonds is 6. The van der Waals surface area contributed by atoms with E-state index in [9.17, 15) is 14.7 Å². The van der Waals surface area contributed by atoms with Crippen LogP contribution in [0.2, 0.25) is 10.0 Å². The van der Waals surface area contributed by atoms with Crippen LogP contribution >= 0.6 is 23.2 Å². The van der Waals surface area contributed by atoms with Gasteiger partial charge in [0.25, 0.3) is 11.7 Å². The Hall–Kier alpha value is -2.76. The molecule has 0 bridgehead atoms. The smallest absolute Gasteiger partial charge is 0.295 e. The minimum atomic E-state index is -0.794. The number of Topliss-reactive ketones (excluding diaryl/α,β-unsaturated/α-hetero) is 1. The fourth-order valence-corrected chi connectivity index (χ4v) is 3.74. The van der Waals surface area contributed by atoms with E-state index in [1.807, 2.05) is 6.92 Å². The Morgan fingerprint density at radius 3 is 2.62 bits per heavy atom. The Labute approximate surface area is 178 Å². The molecule has 7 heteroatoms. The maximum absolute atomic E-state index is 12.8. The molecule has 0 aliphatic carbocycles. The molecule has 0 radical (unpaired) electrons. The molecule has 150 valence electrons. The van der Waals surface area contributed by atoms with Crippen LogP contribution in [0.4, 0.5) is 0 Å². The van der Waals surface area contributed by atoms with Crippen LogP contribution < -0.4 is 4.74 Å². The van der Waals surface area contributed by atoms with Gasteiger partial charge in [-0.05, 0) is 42.8 Å². The molecule has 1 aliphatic rings. The third-order valence-electron chi connectivity index (χ3n) is 4.54. The Morgan fingerprint density at radius 1 is 1.24 bits per heavy atom. The Kier molecular flexibility index (Phi) is 6.30. The third-order valence-corrected chi connectivity index (χ3v) is 5.07. The lowest BCUT2D eigenvalue weighted by Crippen LogP contribution is -2.29. The number of benzene rings is 2. The summed E-state index contributed by atoms with van der Waals surface area (Å²) >= 11 is 12.3. The summed E-state index contributed by atoms with van der Waals surface area (Å²) in [7, 11) is 0. The van der Waals surface area contributed by atoms with Crippen LogP contribution in [0.15, 0.2) is 60.7 Å². The summed E-state index contributed by atoms with van der Waals surface area (Å²) in [6.07, 6.45) is 1.52. The van der Waals surface area contributed by atoms with E-state index >= 15 is 0 Å². The number of amides is 1. The molecule has 1 aliphatic heterocycles. The molecule has 1 atom stereocenters. The molecular formula is C22H19Cl2NO4. The van der Waals surface area contributed by atoms with Crippen molar-refractivity contribution in [2.24, 2.45) is 0 Å². The number of hydrogen-bond donors (Lipinski definition) is 1. The zero-order valence-corrected chi connectivity index (χ0v) is 17.2. The molecule has 29 heavy (non-hydrogen) atoms. The van der Waals surface area contributed by atoms with Crippen molar-refractivity contribution in [2.75, 3.05) is 13.2 Å². The number of likely N-dealkylation sites (tertiary alicyclic amines) is 1. The van der Waals surface area contributed by atoms with Gasteiger partial charge in [-0.15, -0.1) is 6.58 Å². The van der Waals surface area contributed by atoms with E-state index in [2.05, 4.69) is 6.58 Å². The van der Waals surface area contributed by atoms with Gasteiger partial charge < -0.3 is 14.7 Å². The number of carbonyl (C=O) groups is 2. The largest absolute Gasteiger partial charge is 0.507 e. The van der Waals surface area contributed by atoms with Crippen molar-refractivity contribution in [2.45, 2.75) is 13.0 Å². The second-order valence-corrected chi connectivity index (χ2v) is 7.22. The molecule has 2 aromatic carbocycles. The normalized spacial score (nSPS) is 18.2. The van der Waals surface area contributed by atoms with Gasteiger partial charge >= 0.3 is 0 Å². The summed E-state index contributed by atoms with van der Waals surface area (Å²) in [6.45, 7) is 6.06. The van der Waals surface area contributed by atoms with Crippen LogP contribution in [-0.2, 0) is 9.59 Å². The SMILES string of the molecule is C=CCN1C(=O)C(=O)C(=C(O)c2ccc(OCC)c(Cl)c2)C1c1cccc(Cl)c1. The maximum atomic E-state index is 12.8. The molecule has 1 N–H and O–H groups in total. The number of hydrogen-bond acceptors (Lipinski definition) is 4. The second kappa shape index (κ2) is 8.72. The van der Waals surface area contributed by atoms with Crippen LogP contribution in [0, 0.1) is 0 Å². The molecule has 0 spiro atoms. The standard InChI is InChI=1S/C22H19Cl2NO4/c1-3-10-25-19(13-6-5-7-15(23)11-13)18(21(27)22(25)28)20(26)14-8-9-17(29-4-2)16(24)12-14/h3,5-9,11-12,19,26H,1,4,10H2,2H3. The van der Waals surface area contributed by atoms with E-state index < -0.39 is 17.7 Å². The first-order valence-corrected chi connectivity index (χ1v) is 9.72. The number of nitrogens with zero attached hydrogens (tertiary/aromatic N) is 1. The van der Waals surface area contributed by atoms with E-state index in [4.69, 9.17) is 27.9 Å². The summed E-state index contributed by atoms with van der Waals surface area (Å²) < 4.78 is 5.40. The summed E-state index contributed by atoms with van der Waals surface area (Å²) in [4.78, 5) is 26.8. The molecule has 1 amide bonds. The molecule has 1 fully saturated rings. The highest BCUT2D eigenvalue weighted by atomic mass is 35.5. The van der Waals surface area contributed by atoms with Gasteiger partial charge in [-0.25, -0.2) is 0 Å². The van der Waals surface area contributed by atoms with E-state index in [0.29, 0.717) is 28.5 Å². The van der Waals surface area contributed by atoms with Crippen LogP contribution in [0.5, 0.6) is 5.75 Å². The maximum Gasteiger partial charge on any atom is 0.295 e. The number of ether oxygens (including phenoxy) is 1. The van der Waals surface area contributed by atoms with Gasteiger partial charge in [-0.3, -0.25) is 9.59 Å². The molecular weight excluding hydrogens is 413 g/mol. The lowest BCUT2D eigenvalue weighted by Gasteiger charge is -2.24. The zero-order chi connectivity index (χ0) is 21.1. The zero-order valence-electron chi connectivity index (χ0n) is 15.7. The van der Waals surface area contributed by atoms with Crippen LogP contribution in [0.1, 0.15) is 24.1 Å². The van der Waals surface area contributed by atoms with Crippen molar-refractivity contribution >= 4 is 40.7 Å². The Bertz CT molecular complexity index is 1020. The summed E-state index contributed by atoms with van der Waals surface area (Å²) in [5, 5.41) is 11.7. The summed E-state index contributed by atoms with van der Waals surface area (Å²) in [5.74, 6) is -1.35. The topological polar surface area (TPSA) is 66.8 Å². The Balaban J connectivity index is 2.17. The molecule has 0 saturated carbocycles.